The molecular weight excluding hydrogens is 330 g/mol. The van der Waals surface area contributed by atoms with Gasteiger partial charge in [0.2, 0.25) is 0 Å². The molecule has 0 heterocycles. The summed E-state index contributed by atoms with van der Waals surface area (Å²) >= 11 is 0. The lowest BCUT2D eigenvalue weighted by Gasteiger charge is -2.34. The van der Waals surface area contributed by atoms with Gasteiger partial charge in [0.1, 0.15) is 0 Å². The van der Waals surface area contributed by atoms with Crippen LogP contribution in [0.4, 0.5) is 0 Å². The summed E-state index contributed by atoms with van der Waals surface area (Å²) in [7, 11) is -1.12. The number of nitrogens with one attached hydrogen (secondary N) is 1. The van der Waals surface area contributed by atoms with Gasteiger partial charge in [-0.2, -0.15) is 0 Å². The number of rotatable bonds is 7. The lowest BCUT2D eigenvalue weighted by Crippen LogP contribution is -2.32. The summed E-state index contributed by atoms with van der Waals surface area (Å²) < 4.78 is 0. The van der Waals surface area contributed by atoms with Gasteiger partial charge in [0, 0.05) is 0 Å². The molecule has 0 saturated heterocycles. The van der Waals surface area contributed by atoms with Crippen LogP contribution in [0.1, 0.15) is 42.9 Å². The zero-order valence-corrected chi connectivity index (χ0v) is 17.5. The van der Waals surface area contributed by atoms with Gasteiger partial charge in [0.05, 0.1) is 14.1 Å². The van der Waals surface area contributed by atoms with Crippen LogP contribution in [0.3, 0.4) is 0 Å². The van der Waals surface area contributed by atoms with E-state index in [-0.39, 0.29) is 6.04 Å². The Morgan fingerprint density at radius 1 is 0.923 bits per heavy atom. The third-order valence-electron chi connectivity index (χ3n) is 5.62. The molecule has 1 aliphatic rings. The molecule has 0 aliphatic heterocycles. The van der Waals surface area contributed by atoms with Gasteiger partial charge in [-0.25, -0.2) is 0 Å². The number of hydrogen-bond donors (Lipinski definition) is 1. The molecule has 1 atom stereocenters. The topological polar surface area (TPSA) is 12.0 Å². The summed E-state index contributed by atoms with van der Waals surface area (Å²) in [5.74, 6) is 0. The van der Waals surface area contributed by atoms with Gasteiger partial charge in [-0.1, -0.05) is 92.0 Å². The molecule has 2 aromatic rings. The molecule has 2 aromatic carbocycles. The molecule has 0 amide bonds. The molecule has 1 N–H and O–H groups in total. The van der Waals surface area contributed by atoms with Gasteiger partial charge in [0.15, 0.2) is 0 Å². The van der Waals surface area contributed by atoms with Crippen LogP contribution in [0.5, 0.6) is 0 Å². The summed E-state index contributed by atoms with van der Waals surface area (Å²) in [4.78, 5) is 0. The van der Waals surface area contributed by atoms with Crippen LogP contribution in [0, 0.1) is 0 Å². The van der Waals surface area contributed by atoms with Crippen LogP contribution in [-0.4, -0.2) is 14.6 Å². The molecule has 2 heteroatoms. The summed E-state index contributed by atoms with van der Waals surface area (Å²) in [6.07, 6.45) is 7.79. The third-order valence-corrected chi connectivity index (χ3v) is 8.37. The quantitative estimate of drug-likeness (QED) is 0.433. The van der Waals surface area contributed by atoms with Crippen molar-refractivity contribution in [1.29, 1.82) is 0 Å². The SMILES string of the molecule is C[Si](C)(C)C1CCCC=C1CCNC(c1ccccc1)c1ccccc1. The van der Waals surface area contributed by atoms with Crippen LogP contribution >= 0.6 is 0 Å². The Morgan fingerprint density at radius 2 is 1.50 bits per heavy atom. The Kier molecular flexibility index (Phi) is 6.50. The second-order valence-corrected chi connectivity index (χ2v) is 14.0. The molecule has 1 nitrogen and oxygen atoms in total. The number of hydrogen-bond acceptors (Lipinski definition) is 1. The molecule has 0 aromatic heterocycles. The maximum Gasteiger partial charge on any atom is 0.0576 e. The molecule has 138 valence electrons. The minimum Gasteiger partial charge on any atom is -0.306 e. The van der Waals surface area contributed by atoms with Gasteiger partial charge in [-0.3, -0.25) is 0 Å². The second-order valence-electron chi connectivity index (χ2n) is 8.59. The van der Waals surface area contributed by atoms with Crippen LogP contribution < -0.4 is 5.32 Å². The van der Waals surface area contributed by atoms with E-state index in [4.69, 9.17) is 0 Å². The van der Waals surface area contributed by atoms with E-state index in [9.17, 15) is 0 Å². The van der Waals surface area contributed by atoms with Gasteiger partial charge in [-0.15, -0.1) is 0 Å². The van der Waals surface area contributed by atoms with E-state index < -0.39 is 8.07 Å². The summed E-state index contributed by atoms with van der Waals surface area (Å²) in [6, 6.07) is 21.9. The number of benzene rings is 2. The standard InChI is InChI=1S/C24H33NSi/c1-26(2,3)23-17-11-10-12-20(23)18-19-25-24(21-13-6-4-7-14-21)22-15-8-5-9-16-22/h4-9,12-16,23-25H,10-11,17-19H2,1-3H3. The van der Waals surface area contributed by atoms with Gasteiger partial charge < -0.3 is 5.32 Å². The van der Waals surface area contributed by atoms with Crippen LogP contribution in [0.15, 0.2) is 72.3 Å². The van der Waals surface area contributed by atoms with E-state index in [2.05, 4.69) is 91.7 Å². The third kappa shape index (κ3) is 4.96. The predicted octanol–water partition coefficient (Wildman–Crippen LogP) is 6.57. The monoisotopic (exact) mass is 363 g/mol. The van der Waals surface area contributed by atoms with Gasteiger partial charge >= 0.3 is 0 Å². The van der Waals surface area contributed by atoms with E-state index in [0.717, 1.165) is 12.1 Å². The summed E-state index contributed by atoms with van der Waals surface area (Å²) in [5, 5.41) is 3.85. The molecule has 0 saturated carbocycles. The minimum atomic E-state index is -1.12. The lowest BCUT2D eigenvalue weighted by atomic mass is 9.95. The van der Waals surface area contributed by atoms with Crippen molar-refractivity contribution in [3.05, 3.63) is 83.4 Å². The number of allylic oxidation sites excluding steroid dienone is 1. The van der Waals surface area contributed by atoms with Crippen LogP contribution in [0.2, 0.25) is 25.2 Å². The van der Waals surface area contributed by atoms with E-state index in [1.54, 1.807) is 5.57 Å². The largest absolute Gasteiger partial charge is 0.306 e. The average molecular weight is 364 g/mol. The molecule has 0 radical (unpaired) electrons. The van der Waals surface area contributed by atoms with Gasteiger partial charge in [-0.05, 0) is 48.9 Å². The van der Waals surface area contributed by atoms with E-state index >= 15 is 0 Å². The minimum absolute atomic E-state index is 0.270. The molecule has 1 aliphatic carbocycles. The molecule has 0 spiro atoms. The highest BCUT2D eigenvalue weighted by molar-refractivity contribution is 6.78. The summed E-state index contributed by atoms with van der Waals surface area (Å²) in [6.45, 7) is 8.63. The first-order valence-corrected chi connectivity index (χ1v) is 13.7. The van der Waals surface area contributed by atoms with Crippen molar-refractivity contribution in [2.75, 3.05) is 6.54 Å². The van der Waals surface area contributed by atoms with Crippen molar-refractivity contribution >= 4 is 8.07 Å². The van der Waals surface area contributed by atoms with Crippen molar-refractivity contribution in [1.82, 2.24) is 5.32 Å². The summed E-state index contributed by atoms with van der Waals surface area (Å²) in [5.41, 5.74) is 5.28. The Morgan fingerprint density at radius 3 is 2.04 bits per heavy atom. The molecule has 1 unspecified atom stereocenters. The molecule has 0 bridgehead atoms. The fourth-order valence-corrected chi connectivity index (χ4v) is 6.73. The zero-order chi connectivity index (χ0) is 18.4. The fourth-order valence-electron chi connectivity index (χ4n) is 4.28. The maximum absolute atomic E-state index is 3.85. The van der Waals surface area contributed by atoms with E-state index in [1.165, 1.54) is 36.8 Å². The fraction of sp³-hybridized carbons (Fsp3) is 0.417. The second kappa shape index (κ2) is 8.83. The highest BCUT2D eigenvalue weighted by atomic mass is 28.3. The molecule has 0 fully saturated rings. The average Bonchev–Trinajstić information content (AvgIpc) is 2.66. The normalized spacial score (nSPS) is 18.0. The molecular formula is C24H33NSi. The van der Waals surface area contributed by atoms with Crippen molar-refractivity contribution in [2.24, 2.45) is 0 Å². The van der Waals surface area contributed by atoms with E-state index in [0.29, 0.717) is 0 Å². The molecule has 26 heavy (non-hydrogen) atoms. The Bertz CT molecular complexity index is 660. The lowest BCUT2D eigenvalue weighted by molar-refractivity contribution is 0.581. The smallest absolute Gasteiger partial charge is 0.0576 e. The van der Waals surface area contributed by atoms with Crippen molar-refractivity contribution in [3.8, 4) is 0 Å². The van der Waals surface area contributed by atoms with Crippen molar-refractivity contribution in [3.63, 3.8) is 0 Å². The van der Waals surface area contributed by atoms with E-state index in [1.807, 2.05) is 0 Å². The first kappa shape index (κ1) is 19.1. The molecule has 3 rings (SSSR count). The highest BCUT2D eigenvalue weighted by Gasteiger charge is 2.30. The van der Waals surface area contributed by atoms with Crippen LogP contribution in [0.25, 0.3) is 0 Å². The first-order valence-electron chi connectivity index (χ1n) is 10.1. The Labute approximate surface area is 160 Å². The Balaban J connectivity index is 1.70. The Hall–Kier alpha value is -1.64. The van der Waals surface area contributed by atoms with Gasteiger partial charge in [0.25, 0.3) is 0 Å². The highest BCUT2D eigenvalue weighted by Crippen LogP contribution is 2.39. The van der Waals surface area contributed by atoms with Crippen molar-refractivity contribution < 1.29 is 0 Å². The first-order chi connectivity index (χ1) is 12.6. The maximum atomic E-state index is 3.85. The van der Waals surface area contributed by atoms with Crippen LogP contribution in [-0.2, 0) is 0 Å². The van der Waals surface area contributed by atoms with Crippen molar-refractivity contribution in [2.45, 2.75) is 56.9 Å². The predicted molar refractivity (Wildman–Crippen MR) is 116 cm³/mol. The zero-order valence-electron chi connectivity index (χ0n) is 16.5.